The van der Waals surface area contributed by atoms with Gasteiger partial charge in [-0.3, -0.25) is 0 Å². The van der Waals surface area contributed by atoms with Crippen molar-refractivity contribution in [2.24, 2.45) is 0 Å². The highest BCUT2D eigenvalue weighted by Crippen LogP contribution is 2.53. The molecule has 0 aliphatic heterocycles. The van der Waals surface area contributed by atoms with Gasteiger partial charge in [-0.1, -0.05) is 164 Å². The zero-order valence-corrected chi connectivity index (χ0v) is 32.2. The number of hydrogen-bond donors (Lipinski definition) is 0. The van der Waals surface area contributed by atoms with E-state index in [0.717, 1.165) is 39.2 Å². The Kier molecular flexibility index (Phi) is 7.84. The molecule has 2 nitrogen and oxygen atoms in total. The number of fused-ring (bicyclic) bond motifs is 6. The Hall–Kier alpha value is -6.94. The maximum Gasteiger partial charge on any atom is 0.160 e. The minimum Gasteiger partial charge on any atom is -0.228 e. The number of nitrogens with zero attached hydrogens (tertiary/aromatic N) is 2. The molecule has 0 saturated heterocycles. The van der Waals surface area contributed by atoms with Crippen molar-refractivity contribution in [2.75, 3.05) is 0 Å². The van der Waals surface area contributed by atoms with Crippen LogP contribution in [0.3, 0.4) is 0 Å². The van der Waals surface area contributed by atoms with Gasteiger partial charge in [-0.25, -0.2) is 9.97 Å². The number of hydrogen-bond acceptors (Lipinski definition) is 3. The highest BCUT2D eigenvalue weighted by Gasteiger charge is 2.40. The van der Waals surface area contributed by atoms with Crippen molar-refractivity contribution in [3.05, 3.63) is 217 Å². The predicted octanol–water partition coefficient (Wildman–Crippen LogP) is 14.5. The molecule has 0 fully saturated rings. The minimum absolute atomic E-state index is 0.306. The van der Waals surface area contributed by atoms with Crippen LogP contribution >= 0.6 is 11.3 Å². The van der Waals surface area contributed by atoms with E-state index in [1.165, 1.54) is 59.1 Å². The molecule has 11 rings (SSSR count). The highest BCUT2D eigenvalue weighted by molar-refractivity contribution is 7.25. The lowest BCUT2D eigenvalue weighted by Crippen LogP contribution is -2.22. The molecule has 268 valence electrons. The Bertz CT molecular complexity index is 3140. The summed E-state index contributed by atoms with van der Waals surface area (Å²) in [5.74, 6) is 0.706. The number of rotatable bonds is 6. The molecule has 10 aromatic rings. The summed E-state index contributed by atoms with van der Waals surface area (Å²) in [6.07, 6.45) is 0. The Morgan fingerprint density at radius 1 is 0.368 bits per heavy atom. The number of aromatic nitrogens is 2. The molecule has 1 unspecified atom stereocenters. The van der Waals surface area contributed by atoms with Crippen molar-refractivity contribution in [3.8, 4) is 67.3 Å². The van der Waals surface area contributed by atoms with E-state index in [1.807, 2.05) is 17.4 Å². The molecule has 0 spiro atoms. The van der Waals surface area contributed by atoms with E-state index < -0.39 is 0 Å². The highest BCUT2D eigenvalue weighted by atomic mass is 32.1. The van der Waals surface area contributed by atoms with E-state index in [9.17, 15) is 0 Å². The van der Waals surface area contributed by atoms with Crippen LogP contribution in [0.5, 0.6) is 0 Å². The molecule has 0 bridgehead atoms. The normalized spacial score (nSPS) is 14.5. The Labute approximate surface area is 336 Å². The van der Waals surface area contributed by atoms with Gasteiger partial charge < -0.3 is 0 Å². The van der Waals surface area contributed by atoms with Gasteiger partial charge in [-0.15, -0.1) is 11.3 Å². The van der Waals surface area contributed by atoms with Gasteiger partial charge in [0.05, 0.1) is 11.4 Å². The fourth-order valence-electron chi connectivity index (χ4n) is 8.91. The SMILES string of the molecule is CC1(c2ccccc2)c2ccccc2-c2ccc(-c3cc(-c4ccccc4-c4cccc(-c5ccc6sc7ccccc7c6c5)c4)nc(-c4ccccc4)n3)cc21. The van der Waals surface area contributed by atoms with Crippen molar-refractivity contribution in [3.63, 3.8) is 0 Å². The Balaban J connectivity index is 1.05. The Morgan fingerprint density at radius 3 is 1.84 bits per heavy atom. The first-order chi connectivity index (χ1) is 28.1. The largest absolute Gasteiger partial charge is 0.228 e. The van der Waals surface area contributed by atoms with Crippen LogP contribution in [-0.2, 0) is 5.41 Å². The fourth-order valence-corrected chi connectivity index (χ4v) is 10.00. The van der Waals surface area contributed by atoms with Gasteiger partial charge in [0.15, 0.2) is 5.82 Å². The molecule has 1 aliphatic carbocycles. The molecule has 57 heavy (non-hydrogen) atoms. The van der Waals surface area contributed by atoms with Crippen molar-refractivity contribution in [1.29, 1.82) is 0 Å². The van der Waals surface area contributed by atoms with Gasteiger partial charge in [0.25, 0.3) is 0 Å². The van der Waals surface area contributed by atoms with E-state index in [2.05, 4.69) is 201 Å². The average molecular weight is 745 g/mol. The maximum atomic E-state index is 5.29. The van der Waals surface area contributed by atoms with Gasteiger partial charge in [0.1, 0.15) is 0 Å². The van der Waals surface area contributed by atoms with Crippen LogP contribution in [0.1, 0.15) is 23.6 Å². The summed E-state index contributed by atoms with van der Waals surface area (Å²) in [4.78, 5) is 10.6. The topological polar surface area (TPSA) is 25.8 Å². The third kappa shape index (κ3) is 5.54. The minimum atomic E-state index is -0.306. The van der Waals surface area contributed by atoms with Crippen molar-refractivity contribution in [1.82, 2.24) is 9.97 Å². The molecule has 0 saturated carbocycles. The monoisotopic (exact) mass is 744 g/mol. The van der Waals surface area contributed by atoms with E-state index in [1.54, 1.807) is 0 Å². The van der Waals surface area contributed by atoms with Crippen molar-refractivity contribution in [2.45, 2.75) is 12.3 Å². The first-order valence-electron chi connectivity index (χ1n) is 19.5. The zero-order chi connectivity index (χ0) is 37.9. The van der Waals surface area contributed by atoms with Crippen LogP contribution < -0.4 is 0 Å². The van der Waals surface area contributed by atoms with E-state index in [0.29, 0.717) is 5.82 Å². The van der Waals surface area contributed by atoms with Crippen molar-refractivity contribution < 1.29 is 0 Å². The molecule has 1 aliphatic rings. The molecule has 8 aromatic carbocycles. The summed E-state index contributed by atoms with van der Waals surface area (Å²) >= 11 is 1.85. The van der Waals surface area contributed by atoms with Crippen molar-refractivity contribution >= 4 is 31.5 Å². The fraction of sp³-hybridized carbons (Fsp3) is 0.0370. The van der Waals surface area contributed by atoms with Crippen LogP contribution in [0.4, 0.5) is 0 Å². The summed E-state index contributed by atoms with van der Waals surface area (Å²) in [5, 5.41) is 2.62. The molecule has 0 N–H and O–H groups in total. The van der Waals surface area contributed by atoms with Crippen LogP contribution in [0.25, 0.3) is 87.5 Å². The lowest BCUT2D eigenvalue weighted by Gasteiger charge is -2.28. The second-order valence-corrected chi connectivity index (χ2v) is 16.1. The summed E-state index contributed by atoms with van der Waals surface area (Å²) in [7, 11) is 0. The van der Waals surface area contributed by atoms with Gasteiger partial charge in [0, 0.05) is 42.3 Å². The Morgan fingerprint density at radius 2 is 0.982 bits per heavy atom. The van der Waals surface area contributed by atoms with Crippen LogP contribution in [-0.4, -0.2) is 9.97 Å². The third-order valence-electron chi connectivity index (χ3n) is 11.8. The molecular weight excluding hydrogens is 709 g/mol. The molecule has 3 heteroatoms. The zero-order valence-electron chi connectivity index (χ0n) is 31.4. The standard InChI is InChI=1S/C54H36N2S/c1-54(40-19-6-3-7-20-40)47-25-12-10-22-42(47)43-29-27-39(33-48(43)54)49-34-50(56-53(55-49)35-15-4-2-5-16-35)44-23-9-8-21-41(44)38-18-14-17-36(31-38)37-28-30-52-46(32-37)45-24-11-13-26-51(45)57-52/h2-34H,1H3. The summed E-state index contributed by atoms with van der Waals surface area (Å²) in [6.45, 7) is 2.36. The van der Waals surface area contributed by atoms with Gasteiger partial charge in [-0.2, -0.15) is 0 Å². The first kappa shape index (κ1) is 33.4. The second kappa shape index (κ2) is 13.4. The first-order valence-corrected chi connectivity index (χ1v) is 20.3. The van der Waals surface area contributed by atoms with Crippen LogP contribution in [0.2, 0.25) is 0 Å². The molecule has 2 aromatic heterocycles. The quantitative estimate of drug-likeness (QED) is 0.169. The smallest absolute Gasteiger partial charge is 0.160 e. The summed E-state index contributed by atoms with van der Waals surface area (Å²) in [6, 6.07) is 72.3. The lowest BCUT2D eigenvalue weighted by atomic mass is 9.74. The average Bonchev–Trinajstić information content (AvgIpc) is 3.79. The van der Waals surface area contributed by atoms with Gasteiger partial charge in [0.2, 0.25) is 0 Å². The predicted molar refractivity (Wildman–Crippen MR) is 240 cm³/mol. The maximum absolute atomic E-state index is 5.29. The molecule has 1 atom stereocenters. The van der Waals surface area contributed by atoms with Crippen LogP contribution in [0, 0.1) is 0 Å². The third-order valence-corrected chi connectivity index (χ3v) is 13.0. The lowest BCUT2D eigenvalue weighted by molar-refractivity contribution is 0.714. The van der Waals surface area contributed by atoms with Crippen LogP contribution in [0.15, 0.2) is 200 Å². The summed E-state index contributed by atoms with van der Waals surface area (Å²) < 4.78 is 2.63. The second-order valence-electron chi connectivity index (χ2n) is 15.1. The molecule has 0 amide bonds. The van der Waals surface area contributed by atoms with E-state index in [4.69, 9.17) is 9.97 Å². The molecule has 2 heterocycles. The van der Waals surface area contributed by atoms with E-state index >= 15 is 0 Å². The number of thiophene rings is 1. The number of benzene rings is 8. The molecule has 0 radical (unpaired) electrons. The summed E-state index contributed by atoms with van der Waals surface area (Å²) in [5.41, 5.74) is 15.7. The molecular formula is C54H36N2S. The van der Waals surface area contributed by atoms with Gasteiger partial charge >= 0.3 is 0 Å². The van der Waals surface area contributed by atoms with Gasteiger partial charge in [-0.05, 0) is 93.4 Å². The van der Waals surface area contributed by atoms with E-state index in [-0.39, 0.29) is 5.41 Å².